The van der Waals surface area contributed by atoms with Gasteiger partial charge in [0.05, 0.1) is 0 Å². The van der Waals surface area contributed by atoms with Crippen LogP contribution in [0.1, 0.15) is 93.9 Å². The van der Waals surface area contributed by atoms with Crippen LogP contribution in [0.5, 0.6) is 0 Å². The molecule has 46 heavy (non-hydrogen) atoms. The van der Waals surface area contributed by atoms with Gasteiger partial charge in [-0.15, -0.1) is 0 Å². The molecule has 5 rings (SSSR count). The third kappa shape index (κ3) is 15.2. The summed E-state index contributed by atoms with van der Waals surface area (Å²) in [5, 5.41) is 3.25. The summed E-state index contributed by atoms with van der Waals surface area (Å²) in [6, 6.07) is 22.4. The molecule has 1 aliphatic carbocycles. The Morgan fingerprint density at radius 1 is 0.478 bits per heavy atom. The predicted octanol–water partition coefficient (Wildman–Crippen LogP) is 12.5. The first-order chi connectivity index (χ1) is 21.2. The van der Waals surface area contributed by atoms with E-state index in [1.165, 1.54) is 38.5 Å². The number of halogens is 4. The molecule has 0 saturated carbocycles. The van der Waals surface area contributed by atoms with E-state index in [1.807, 2.05) is 0 Å². The molecule has 2 heterocycles. The van der Waals surface area contributed by atoms with Gasteiger partial charge in [0.2, 0.25) is 0 Å². The first-order valence-electron chi connectivity index (χ1n) is 17.1. The van der Waals surface area contributed by atoms with E-state index >= 15 is 0 Å². The second-order valence-electron chi connectivity index (χ2n) is 13.8. The number of hydrogen-bond acceptors (Lipinski definition) is 0. The standard InChI is InChI=1S/2C15H23P.C8H12.BF4.Rh/c2*1-11(2)14-10-15(12(3)4)16(14)13-8-6-5-7-9-13;1-2-4-6-8-7-5-3-1;2-1(3,4)5;/h2*5-9,11-12,14-15H,10H2,1-4H3;1-2,7-8H,3-6H2;;/q;;;-1;+1/b;;2-1-,8-7-;;/t2*14-,15-;;;/m00.../s1. The van der Waals surface area contributed by atoms with Crippen LogP contribution in [-0.4, -0.2) is 29.9 Å². The van der Waals surface area contributed by atoms with Gasteiger partial charge in [0.25, 0.3) is 0 Å². The minimum absolute atomic E-state index is 0. The summed E-state index contributed by atoms with van der Waals surface area (Å²) in [7, 11) is -5.80. The van der Waals surface area contributed by atoms with E-state index in [0.29, 0.717) is 0 Å². The maximum absolute atomic E-state index is 9.75. The van der Waals surface area contributed by atoms with Crippen molar-refractivity contribution in [1.29, 1.82) is 0 Å². The quantitative estimate of drug-likeness (QED) is 0.119. The van der Waals surface area contributed by atoms with Crippen molar-refractivity contribution in [2.24, 2.45) is 23.7 Å². The Hall–Kier alpha value is -0.812. The Labute approximate surface area is 294 Å². The Morgan fingerprint density at radius 3 is 0.891 bits per heavy atom. The summed E-state index contributed by atoms with van der Waals surface area (Å²) in [5.41, 5.74) is 3.85. The van der Waals surface area contributed by atoms with Gasteiger partial charge in [-0.2, -0.15) is 0 Å². The van der Waals surface area contributed by atoms with Crippen LogP contribution in [-0.2, 0) is 19.5 Å². The topological polar surface area (TPSA) is 0 Å². The zero-order valence-corrected chi connectivity index (χ0v) is 32.7. The summed E-state index contributed by atoms with van der Waals surface area (Å²) >= 11 is 0. The van der Waals surface area contributed by atoms with Gasteiger partial charge in [0.15, 0.2) is 0 Å². The molecule has 8 heteroatoms. The summed E-state index contributed by atoms with van der Waals surface area (Å²) in [4.78, 5) is 0. The van der Waals surface area contributed by atoms with Gasteiger partial charge in [0, 0.05) is 0 Å². The molecule has 0 N–H and O–H groups in total. The maximum Gasteiger partial charge on any atom is 1.00 e. The van der Waals surface area contributed by atoms with Crippen molar-refractivity contribution in [3.8, 4) is 0 Å². The molecule has 2 saturated heterocycles. The average molecular weight is 767 g/mol. The zero-order valence-electron chi connectivity index (χ0n) is 29.3. The molecule has 3 aliphatic rings. The summed E-state index contributed by atoms with van der Waals surface area (Å²) < 4.78 is 39.0. The van der Waals surface area contributed by atoms with Crippen LogP contribution in [0.2, 0.25) is 0 Å². The van der Waals surface area contributed by atoms with Gasteiger partial charge >= 0.3 is 26.7 Å². The largest absolute Gasteiger partial charge is 1.00 e. The van der Waals surface area contributed by atoms with Crippen LogP contribution < -0.4 is 10.6 Å². The average Bonchev–Trinajstić information content (AvgIpc) is 2.87. The van der Waals surface area contributed by atoms with Crippen LogP contribution in [0.3, 0.4) is 0 Å². The van der Waals surface area contributed by atoms with Crippen molar-refractivity contribution in [2.45, 2.75) is 117 Å². The van der Waals surface area contributed by atoms with Crippen LogP contribution in [0.15, 0.2) is 85.0 Å². The molecule has 0 unspecified atom stereocenters. The fourth-order valence-electron chi connectivity index (χ4n) is 6.36. The van der Waals surface area contributed by atoms with Gasteiger partial charge in [-0.3, -0.25) is 0 Å². The van der Waals surface area contributed by atoms with Crippen molar-refractivity contribution in [2.75, 3.05) is 0 Å². The summed E-state index contributed by atoms with van der Waals surface area (Å²) in [6.07, 6.45) is 16.9. The third-order valence-corrected chi connectivity index (χ3v) is 16.8. The molecular weight excluding hydrogens is 708 g/mol. The molecular formula is C38H58BF4P2Rh. The fraction of sp³-hybridized carbons (Fsp3) is 0.579. The maximum atomic E-state index is 9.75. The SMILES string of the molecule is C1=C\CC/C=C\CC/1.CC(C)[C@@H]1C[C@@H](C(C)C)P1c1ccccc1.CC(C)[C@@H]1C[C@@H](C(C)C)P1c1ccccc1.F[B-](F)(F)F.[Rh+]. The molecule has 0 aromatic heterocycles. The Bertz CT molecular complexity index is 993. The Kier molecular flexibility index (Phi) is 20.7. The van der Waals surface area contributed by atoms with E-state index in [4.69, 9.17) is 0 Å². The molecule has 0 radical (unpaired) electrons. The molecule has 260 valence electrons. The predicted molar refractivity (Wildman–Crippen MR) is 197 cm³/mol. The molecule has 4 atom stereocenters. The Morgan fingerprint density at radius 2 is 0.696 bits per heavy atom. The minimum atomic E-state index is -6.00. The molecule has 2 aromatic rings. The minimum Gasteiger partial charge on any atom is -0.418 e. The van der Waals surface area contributed by atoms with Crippen LogP contribution in [0.4, 0.5) is 17.3 Å². The molecule has 0 amide bonds. The first kappa shape index (κ1) is 43.2. The Balaban J connectivity index is 0.000000332. The van der Waals surface area contributed by atoms with Gasteiger partial charge in [-0.25, -0.2) is 0 Å². The number of hydrogen-bond donors (Lipinski definition) is 0. The molecule has 2 aliphatic heterocycles. The van der Waals surface area contributed by atoms with Crippen LogP contribution in [0.25, 0.3) is 0 Å². The summed E-state index contributed by atoms with van der Waals surface area (Å²) in [6.45, 7) is 19.1. The van der Waals surface area contributed by atoms with E-state index < -0.39 is 7.25 Å². The van der Waals surface area contributed by atoms with Crippen LogP contribution in [0, 0.1) is 23.7 Å². The third-order valence-electron chi connectivity index (χ3n) is 8.92. The number of rotatable bonds is 6. The second-order valence-corrected chi connectivity index (χ2v) is 19.1. The van der Waals surface area contributed by atoms with E-state index in [1.54, 1.807) is 10.6 Å². The monoisotopic (exact) mass is 766 g/mol. The van der Waals surface area contributed by atoms with E-state index in [0.717, 1.165) is 46.3 Å². The van der Waals surface area contributed by atoms with Crippen molar-refractivity contribution in [3.63, 3.8) is 0 Å². The number of benzene rings is 2. The van der Waals surface area contributed by atoms with Gasteiger partial charge in [0.1, 0.15) is 0 Å². The van der Waals surface area contributed by atoms with Crippen molar-refractivity contribution in [1.82, 2.24) is 0 Å². The van der Waals surface area contributed by atoms with Gasteiger partial charge in [-0.1, -0.05) is 156 Å². The molecule has 2 fully saturated rings. The van der Waals surface area contributed by atoms with E-state index in [9.17, 15) is 17.3 Å². The number of allylic oxidation sites excluding steroid dienone is 4. The van der Waals surface area contributed by atoms with Crippen molar-refractivity contribution in [3.05, 3.63) is 85.0 Å². The summed E-state index contributed by atoms with van der Waals surface area (Å²) in [5.74, 6) is 3.39. The van der Waals surface area contributed by atoms with E-state index in [2.05, 4.69) is 140 Å². The van der Waals surface area contributed by atoms with Gasteiger partial charge < -0.3 is 17.3 Å². The molecule has 0 spiro atoms. The molecule has 0 bridgehead atoms. The van der Waals surface area contributed by atoms with Crippen molar-refractivity contribution < 1.29 is 36.7 Å². The second kappa shape index (κ2) is 22.0. The molecule has 0 nitrogen and oxygen atoms in total. The normalized spacial score (nSPS) is 24.3. The van der Waals surface area contributed by atoms with Gasteiger partial charge in [-0.05, 0) is 95.4 Å². The van der Waals surface area contributed by atoms with E-state index in [-0.39, 0.29) is 35.3 Å². The molecule has 2 aromatic carbocycles. The first-order valence-corrected chi connectivity index (χ1v) is 20.0. The van der Waals surface area contributed by atoms with Crippen LogP contribution >= 0.6 is 15.8 Å². The van der Waals surface area contributed by atoms with Crippen molar-refractivity contribution >= 4 is 33.7 Å². The fourth-order valence-corrected chi connectivity index (χ4v) is 13.5. The smallest absolute Gasteiger partial charge is 0.418 e. The zero-order chi connectivity index (χ0) is 33.6.